The first-order valence-electron chi connectivity index (χ1n) is 12.9. The van der Waals surface area contributed by atoms with Crippen molar-refractivity contribution in [2.75, 3.05) is 31.5 Å². The lowest BCUT2D eigenvalue weighted by Gasteiger charge is -2.44. The highest BCUT2D eigenvalue weighted by atomic mass is 35.5. The second-order valence-corrected chi connectivity index (χ2v) is 10.6. The van der Waals surface area contributed by atoms with E-state index >= 15 is 0 Å². The van der Waals surface area contributed by atoms with E-state index in [1.165, 1.54) is 0 Å². The highest BCUT2D eigenvalue weighted by Gasteiger charge is 2.45. The molecule has 2 fully saturated rings. The van der Waals surface area contributed by atoms with Gasteiger partial charge in [0.25, 0.3) is 5.91 Å². The molecule has 9 heteroatoms. The SMILES string of the molecule is O=C1Nc2ccccc2C2(CCN(C(=O)c3cn(CC(=O)N4CCCCC4)c4cc(Cl)ccc34)CC2)O1. The molecular formula is C28H29ClN4O4. The van der Waals surface area contributed by atoms with Crippen LogP contribution < -0.4 is 5.32 Å². The van der Waals surface area contributed by atoms with Crippen LogP contribution in [0.1, 0.15) is 48.0 Å². The largest absolute Gasteiger partial charge is 0.438 e. The quantitative estimate of drug-likeness (QED) is 0.526. The molecule has 0 atom stereocenters. The van der Waals surface area contributed by atoms with Gasteiger partial charge < -0.3 is 19.1 Å². The van der Waals surface area contributed by atoms with E-state index in [1.54, 1.807) is 12.3 Å². The average molecular weight is 521 g/mol. The van der Waals surface area contributed by atoms with E-state index in [2.05, 4.69) is 5.32 Å². The van der Waals surface area contributed by atoms with Crippen LogP contribution in [0.4, 0.5) is 10.5 Å². The average Bonchev–Trinajstić information content (AvgIpc) is 3.26. The normalized spacial score (nSPS) is 18.9. The molecule has 3 amide bonds. The summed E-state index contributed by atoms with van der Waals surface area (Å²) in [7, 11) is 0. The molecule has 1 aromatic heterocycles. The summed E-state index contributed by atoms with van der Waals surface area (Å²) in [6, 6.07) is 13.1. The van der Waals surface area contributed by atoms with Crippen LogP contribution in [0.5, 0.6) is 0 Å². The van der Waals surface area contributed by atoms with Gasteiger partial charge in [-0.3, -0.25) is 14.9 Å². The van der Waals surface area contributed by atoms with E-state index in [9.17, 15) is 14.4 Å². The van der Waals surface area contributed by atoms with Crippen molar-refractivity contribution >= 4 is 46.1 Å². The van der Waals surface area contributed by atoms with Gasteiger partial charge in [0.2, 0.25) is 5.91 Å². The lowest BCUT2D eigenvalue weighted by molar-refractivity contribution is -0.132. The van der Waals surface area contributed by atoms with Gasteiger partial charge in [-0.1, -0.05) is 35.9 Å². The van der Waals surface area contributed by atoms with Crippen molar-refractivity contribution in [3.8, 4) is 0 Å². The Balaban J connectivity index is 1.25. The Morgan fingerprint density at radius 1 is 0.973 bits per heavy atom. The van der Waals surface area contributed by atoms with Crippen LogP contribution in [-0.4, -0.2) is 58.5 Å². The molecule has 8 nitrogen and oxygen atoms in total. The van der Waals surface area contributed by atoms with Crippen molar-refractivity contribution in [3.63, 3.8) is 0 Å². The predicted octanol–water partition coefficient (Wildman–Crippen LogP) is 5.00. The zero-order valence-corrected chi connectivity index (χ0v) is 21.3. The minimum Gasteiger partial charge on any atom is -0.438 e. The van der Waals surface area contributed by atoms with E-state index in [1.807, 2.05) is 50.8 Å². The number of anilines is 1. The predicted molar refractivity (Wildman–Crippen MR) is 141 cm³/mol. The molecule has 0 saturated carbocycles. The number of aromatic nitrogens is 1. The maximum Gasteiger partial charge on any atom is 0.412 e. The molecule has 2 saturated heterocycles. The molecule has 2 aromatic carbocycles. The molecule has 3 aromatic rings. The maximum absolute atomic E-state index is 13.7. The fraction of sp³-hybridized carbons (Fsp3) is 0.393. The number of nitrogens with one attached hydrogen (secondary N) is 1. The molecule has 6 rings (SSSR count). The van der Waals surface area contributed by atoms with Crippen LogP contribution in [0, 0.1) is 0 Å². The number of nitrogens with zero attached hydrogens (tertiary/aromatic N) is 3. The lowest BCUT2D eigenvalue weighted by atomic mass is 9.82. The fourth-order valence-corrected chi connectivity index (χ4v) is 6.09. The van der Waals surface area contributed by atoms with Gasteiger partial charge >= 0.3 is 6.09 Å². The monoisotopic (exact) mass is 520 g/mol. The number of halogens is 1. The summed E-state index contributed by atoms with van der Waals surface area (Å²) < 4.78 is 7.66. The van der Waals surface area contributed by atoms with Crippen LogP contribution in [0.3, 0.4) is 0 Å². The minimum absolute atomic E-state index is 0.0573. The lowest BCUT2D eigenvalue weighted by Crippen LogP contribution is -2.49. The van der Waals surface area contributed by atoms with Crippen LogP contribution in [0.2, 0.25) is 5.02 Å². The van der Waals surface area contributed by atoms with Gasteiger partial charge in [-0.25, -0.2) is 4.79 Å². The number of para-hydroxylation sites is 1. The summed E-state index contributed by atoms with van der Waals surface area (Å²) in [6.07, 6.45) is 5.57. The summed E-state index contributed by atoms with van der Waals surface area (Å²) in [5.74, 6) is -0.0400. The van der Waals surface area contributed by atoms with Crippen molar-refractivity contribution in [2.24, 2.45) is 0 Å². The Kier molecular flexibility index (Phi) is 6.07. The molecule has 0 bridgehead atoms. The van der Waals surface area contributed by atoms with Crippen molar-refractivity contribution in [1.82, 2.24) is 14.4 Å². The molecule has 192 valence electrons. The number of amides is 3. The second kappa shape index (κ2) is 9.41. The highest BCUT2D eigenvalue weighted by molar-refractivity contribution is 6.31. The molecule has 3 aliphatic rings. The third-order valence-corrected chi connectivity index (χ3v) is 8.13. The minimum atomic E-state index is -0.738. The molecule has 1 spiro atoms. The number of hydrogen-bond acceptors (Lipinski definition) is 4. The maximum atomic E-state index is 13.7. The number of carbonyl (C=O) groups is 3. The second-order valence-electron chi connectivity index (χ2n) is 10.1. The Labute approximate surface area is 220 Å². The molecule has 0 radical (unpaired) electrons. The highest BCUT2D eigenvalue weighted by Crippen LogP contribution is 2.43. The summed E-state index contributed by atoms with van der Waals surface area (Å²) in [6.45, 7) is 2.64. The summed E-state index contributed by atoms with van der Waals surface area (Å²) in [5.41, 5.74) is 2.30. The van der Waals surface area contributed by atoms with Crippen LogP contribution >= 0.6 is 11.6 Å². The van der Waals surface area contributed by atoms with Gasteiger partial charge in [0.05, 0.1) is 16.8 Å². The fourth-order valence-electron chi connectivity index (χ4n) is 5.93. The van der Waals surface area contributed by atoms with Crippen molar-refractivity contribution in [3.05, 3.63) is 64.8 Å². The van der Waals surface area contributed by atoms with Gasteiger partial charge in [0.15, 0.2) is 0 Å². The van der Waals surface area contributed by atoms with Gasteiger partial charge in [-0.15, -0.1) is 0 Å². The van der Waals surface area contributed by atoms with E-state index in [0.717, 1.165) is 54.5 Å². The zero-order valence-electron chi connectivity index (χ0n) is 20.5. The smallest absolute Gasteiger partial charge is 0.412 e. The Hall–Kier alpha value is -3.52. The molecule has 1 N–H and O–H groups in total. The summed E-state index contributed by atoms with van der Waals surface area (Å²) >= 11 is 6.30. The number of fused-ring (bicyclic) bond motifs is 3. The van der Waals surface area contributed by atoms with E-state index < -0.39 is 11.7 Å². The summed E-state index contributed by atoms with van der Waals surface area (Å²) in [5, 5.41) is 4.11. The Morgan fingerprint density at radius 3 is 2.51 bits per heavy atom. The topological polar surface area (TPSA) is 83.9 Å². The first-order chi connectivity index (χ1) is 17.9. The number of ether oxygens (including phenoxy) is 1. The first-order valence-corrected chi connectivity index (χ1v) is 13.3. The van der Waals surface area contributed by atoms with Gasteiger partial charge in [0.1, 0.15) is 12.1 Å². The van der Waals surface area contributed by atoms with Crippen LogP contribution in [-0.2, 0) is 21.7 Å². The standard InChI is InChI=1S/C28H29ClN4O4/c29-19-8-9-20-21(17-33(24(20)16-19)18-25(34)31-12-4-1-5-13-31)26(35)32-14-10-28(11-15-32)22-6-2-3-7-23(22)30-27(36)37-28/h2-3,6-9,16-17H,1,4-5,10-15,18H2,(H,30,36). The van der Waals surface area contributed by atoms with Crippen LogP contribution in [0.15, 0.2) is 48.7 Å². The number of rotatable bonds is 3. The third-order valence-electron chi connectivity index (χ3n) is 7.89. The number of benzene rings is 2. The first kappa shape index (κ1) is 23.9. The van der Waals surface area contributed by atoms with Crippen molar-refractivity contribution in [2.45, 2.75) is 44.2 Å². The number of piperidine rings is 2. The molecule has 0 unspecified atom stereocenters. The third kappa shape index (κ3) is 4.33. The Morgan fingerprint density at radius 2 is 1.73 bits per heavy atom. The zero-order chi connectivity index (χ0) is 25.6. The number of likely N-dealkylation sites (tertiary alicyclic amines) is 2. The van der Waals surface area contributed by atoms with Gasteiger partial charge in [-0.05, 0) is 37.5 Å². The number of hydrogen-bond donors (Lipinski definition) is 1. The van der Waals surface area contributed by atoms with Crippen molar-refractivity contribution in [1.29, 1.82) is 0 Å². The van der Waals surface area contributed by atoms with E-state index in [-0.39, 0.29) is 18.4 Å². The molecular weight excluding hydrogens is 492 g/mol. The number of carbonyl (C=O) groups excluding carboxylic acids is 3. The Bertz CT molecular complexity index is 1390. The van der Waals surface area contributed by atoms with E-state index in [0.29, 0.717) is 36.5 Å². The molecule has 4 heterocycles. The molecule has 37 heavy (non-hydrogen) atoms. The van der Waals surface area contributed by atoms with Gasteiger partial charge in [0, 0.05) is 61.2 Å². The summed E-state index contributed by atoms with van der Waals surface area (Å²) in [4.78, 5) is 42.7. The molecule has 0 aliphatic carbocycles. The van der Waals surface area contributed by atoms with Gasteiger partial charge in [-0.2, -0.15) is 0 Å². The van der Waals surface area contributed by atoms with E-state index in [4.69, 9.17) is 16.3 Å². The van der Waals surface area contributed by atoms with Crippen LogP contribution in [0.25, 0.3) is 10.9 Å². The molecule has 3 aliphatic heterocycles. The van der Waals surface area contributed by atoms with Crippen molar-refractivity contribution < 1.29 is 19.1 Å².